The van der Waals surface area contributed by atoms with Crippen molar-refractivity contribution in [3.05, 3.63) is 89.5 Å². The molecule has 3 aliphatic rings. The number of fused-ring (bicyclic) bond motifs is 3. The summed E-state index contributed by atoms with van der Waals surface area (Å²) in [6.07, 6.45) is 0.811. The predicted octanol–water partition coefficient (Wildman–Crippen LogP) is 2.65. The fraction of sp³-hybridized carbons (Fsp3) is 0.280. The van der Waals surface area contributed by atoms with Crippen molar-refractivity contribution < 1.29 is 25.3 Å². The van der Waals surface area contributed by atoms with Crippen LogP contribution in [0.15, 0.2) is 82.6 Å². The van der Waals surface area contributed by atoms with Gasteiger partial charge in [0.1, 0.15) is 0 Å². The van der Waals surface area contributed by atoms with Crippen LogP contribution in [0.5, 0.6) is 0 Å². The number of benzene rings is 3. The standard InChI is InChI=1S/C9H11NO2S.2C8H9NO2S/c1-10-7-6-8-4-2-3-5-9(8)13(10,11)12;1-9-8-5-3-2-4-7(8)6-12(9,10)11;1-9-6-7-4-2-3-5-8(7)12(9,10)11/h2-5H,6-7H2,1H3;2*2-5H,6H2,1H3. The third-order valence-electron chi connectivity index (χ3n) is 6.50. The van der Waals surface area contributed by atoms with Gasteiger partial charge in [0.25, 0.3) is 0 Å². The predicted molar refractivity (Wildman–Crippen MR) is 143 cm³/mol. The van der Waals surface area contributed by atoms with E-state index in [4.69, 9.17) is 0 Å². The molecule has 12 heteroatoms. The Balaban J connectivity index is 0.000000130. The van der Waals surface area contributed by atoms with E-state index in [9.17, 15) is 25.3 Å². The molecule has 37 heavy (non-hydrogen) atoms. The Labute approximate surface area is 219 Å². The van der Waals surface area contributed by atoms with Crippen molar-refractivity contribution in [2.45, 2.75) is 28.5 Å². The Morgan fingerprint density at radius 3 is 1.68 bits per heavy atom. The number of rotatable bonds is 0. The van der Waals surface area contributed by atoms with Gasteiger partial charge >= 0.3 is 0 Å². The molecule has 0 bridgehead atoms. The van der Waals surface area contributed by atoms with Crippen LogP contribution in [0.4, 0.5) is 5.69 Å². The maximum Gasteiger partial charge on any atom is 0.243 e. The molecule has 3 aromatic rings. The Morgan fingerprint density at radius 2 is 1.08 bits per heavy atom. The van der Waals surface area contributed by atoms with Crippen molar-refractivity contribution in [3.63, 3.8) is 0 Å². The first-order valence-corrected chi connectivity index (χ1v) is 16.0. The van der Waals surface area contributed by atoms with Gasteiger partial charge in [-0.2, -0.15) is 4.31 Å². The molecule has 6 rings (SSSR count). The maximum absolute atomic E-state index is 11.7. The summed E-state index contributed by atoms with van der Waals surface area (Å²) in [5.74, 6) is 0.139. The van der Waals surface area contributed by atoms with Crippen LogP contribution in [-0.2, 0) is 48.8 Å². The molecule has 3 heterocycles. The minimum atomic E-state index is -3.19. The molecule has 0 unspecified atom stereocenters. The van der Waals surface area contributed by atoms with Gasteiger partial charge in [0.05, 0.1) is 21.2 Å². The van der Waals surface area contributed by atoms with E-state index in [-0.39, 0.29) is 5.75 Å². The molecule has 0 aliphatic carbocycles. The van der Waals surface area contributed by atoms with Crippen molar-refractivity contribution in [2.24, 2.45) is 0 Å². The highest BCUT2D eigenvalue weighted by Crippen LogP contribution is 2.31. The fourth-order valence-corrected chi connectivity index (χ4v) is 8.38. The molecule has 0 saturated heterocycles. The molecule has 0 saturated carbocycles. The van der Waals surface area contributed by atoms with E-state index < -0.39 is 30.1 Å². The van der Waals surface area contributed by atoms with Gasteiger partial charge < -0.3 is 0 Å². The number of sulfonamides is 3. The number of anilines is 1. The van der Waals surface area contributed by atoms with Crippen LogP contribution in [0.2, 0.25) is 0 Å². The van der Waals surface area contributed by atoms with Gasteiger partial charge in [-0.3, -0.25) is 4.31 Å². The zero-order valence-corrected chi connectivity index (χ0v) is 23.2. The summed E-state index contributed by atoms with van der Waals surface area (Å²) < 4.78 is 73.3. The highest BCUT2D eigenvalue weighted by Gasteiger charge is 2.31. The summed E-state index contributed by atoms with van der Waals surface area (Å²) >= 11 is 0. The Kier molecular flexibility index (Phi) is 7.50. The monoisotopic (exact) mass is 563 g/mol. The number of hydrogen-bond donors (Lipinski definition) is 0. The van der Waals surface area contributed by atoms with E-state index in [2.05, 4.69) is 0 Å². The van der Waals surface area contributed by atoms with Gasteiger partial charge in [-0.05, 0) is 41.3 Å². The molecule has 9 nitrogen and oxygen atoms in total. The van der Waals surface area contributed by atoms with Gasteiger partial charge in [-0.15, -0.1) is 0 Å². The highest BCUT2D eigenvalue weighted by atomic mass is 32.2. The molecule has 0 atom stereocenters. The summed E-state index contributed by atoms with van der Waals surface area (Å²) in [5.41, 5.74) is 3.51. The fourth-order valence-electron chi connectivity index (χ4n) is 4.29. The van der Waals surface area contributed by atoms with Gasteiger partial charge in [0, 0.05) is 34.2 Å². The molecule has 0 fully saturated rings. The van der Waals surface area contributed by atoms with E-state index in [0.717, 1.165) is 28.8 Å². The first-order valence-electron chi connectivity index (χ1n) is 11.5. The average Bonchev–Trinajstić information content (AvgIpc) is 3.25. The van der Waals surface area contributed by atoms with E-state index in [0.29, 0.717) is 22.9 Å². The topological polar surface area (TPSA) is 112 Å². The third-order valence-corrected chi connectivity index (χ3v) is 12.1. The molecular formula is C25H29N3O6S3. The van der Waals surface area contributed by atoms with Crippen LogP contribution in [-0.4, -0.2) is 61.6 Å². The van der Waals surface area contributed by atoms with Crippen LogP contribution >= 0.6 is 0 Å². The number of nitrogens with zero attached hydrogens (tertiary/aromatic N) is 3. The van der Waals surface area contributed by atoms with Gasteiger partial charge in [0.15, 0.2) is 0 Å². The molecule has 0 amide bonds. The van der Waals surface area contributed by atoms with Crippen molar-refractivity contribution in [1.82, 2.24) is 8.61 Å². The first kappa shape index (κ1) is 27.3. The Bertz CT molecular complexity index is 1640. The lowest BCUT2D eigenvalue weighted by Crippen LogP contribution is -2.33. The van der Waals surface area contributed by atoms with Crippen molar-refractivity contribution in [3.8, 4) is 0 Å². The number of hydrogen-bond acceptors (Lipinski definition) is 6. The van der Waals surface area contributed by atoms with Crippen LogP contribution in [0.25, 0.3) is 0 Å². The molecule has 0 N–H and O–H groups in total. The summed E-state index contributed by atoms with van der Waals surface area (Å²) in [5, 5.41) is 0. The van der Waals surface area contributed by atoms with E-state index in [1.165, 1.54) is 12.9 Å². The molecule has 198 valence electrons. The van der Waals surface area contributed by atoms with Crippen molar-refractivity contribution in [1.29, 1.82) is 0 Å². The van der Waals surface area contributed by atoms with Crippen LogP contribution in [0.3, 0.4) is 0 Å². The molecule has 0 spiro atoms. The van der Waals surface area contributed by atoms with Crippen LogP contribution < -0.4 is 4.31 Å². The minimum absolute atomic E-state index is 0.139. The minimum Gasteiger partial charge on any atom is -0.273 e. The SMILES string of the molecule is CN1CCc2ccccc2S1(=O)=O.CN1Cc2ccccc2S1(=O)=O.CN1c2ccccc2CS1(=O)=O. The summed E-state index contributed by atoms with van der Waals surface area (Å²) in [6.45, 7) is 1.08. The second kappa shape index (κ2) is 10.2. The van der Waals surface area contributed by atoms with Crippen molar-refractivity contribution in [2.75, 3.05) is 32.0 Å². The lowest BCUT2D eigenvalue weighted by Gasteiger charge is -2.24. The van der Waals surface area contributed by atoms with Crippen LogP contribution in [0.1, 0.15) is 16.7 Å². The van der Waals surface area contributed by atoms with Gasteiger partial charge in [-0.1, -0.05) is 54.6 Å². The zero-order valence-electron chi connectivity index (χ0n) is 20.8. The third kappa shape index (κ3) is 5.30. The Morgan fingerprint density at radius 1 is 0.595 bits per heavy atom. The lowest BCUT2D eigenvalue weighted by molar-refractivity contribution is 0.457. The van der Waals surface area contributed by atoms with Gasteiger partial charge in [-0.25, -0.2) is 29.6 Å². The smallest absolute Gasteiger partial charge is 0.243 e. The summed E-state index contributed by atoms with van der Waals surface area (Å²) in [7, 11) is -4.60. The molecule has 3 aromatic carbocycles. The van der Waals surface area contributed by atoms with E-state index in [1.54, 1.807) is 45.4 Å². The van der Waals surface area contributed by atoms with Crippen molar-refractivity contribution >= 4 is 35.8 Å². The highest BCUT2D eigenvalue weighted by molar-refractivity contribution is 7.92. The van der Waals surface area contributed by atoms with E-state index >= 15 is 0 Å². The van der Waals surface area contributed by atoms with E-state index in [1.807, 2.05) is 48.5 Å². The summed E-state index contributed by atoms with van der Waals surface area (Å²) in [6, 6.07) is 21.6. The molecular weight excluding hydrogens is 534 g/mol. The quantitative estimate of drug-likeness (QED) is 0.416. The first-order chi connectivity index (χ1) is 17.4. The zero-order chi connectivity index (χ0) is 27.0. The van der Waals surface area contributed by atoms with Gasteiger partial charge in [0.2, 0.25) is 30.1 Å². The molecule has 0 aromatic heterocycles. The second-order valence-electron chi connectivity index (χ2n) is 8.91. The molecule has 3 aliphatic heterocycles. The second-order valence-corrected chi connectivity index (χ2v) is 14.9. The van der Waals surface area contributed by atoms with Crippen LogP contribution in [0, 0.1) is 0 Å². The maximum atomic E-state index is 11.7. The molecule has 0 radical (unpaired) electrons. The lowest BCUT2D eigenvalue weighted by atomic mass is 10.1. The summed E-state index contributed by atoms with van der Waals surface area (Å²) in [4.78, 5) is 0.913. The largest absolute Gasteiger partial charge is 0.273 e. The normalized spacial score (nSPS) is 20.4. The number of para-hydroxylation sites is 1. The average molecular weight is 564 g/mol. The number of likely N-dealkylation sites (N-methyl/N-ethyl adjacent to an activating group) is 1. The Hall–Kier alpha value is -2.77.